The zero-order valence-electron chi connectivity index (χ0n) is 16.3. The van der Waals surface area contributed by atoms with E-state index in [2.05, 4.69) is 36.6 Å². The lowest BCUT2D eigenvalue weighted by molar-refractivity contribution is -0.128. The summed E-state index contributed by atoms with van der Waals surface area (Å²) in [5, 5.41) is 20.9. The first-order valence-corrected chi connectivity index (χ1v) is 9.43. The molecule has 4 amide bonds. The highest BCUT2D eigenvalue weighted by atomic mass is 16.2. The van der Waals surface area contributed by atoms with Crippen LogP contribution in [-0.4, -0.2) is 63.4 Å². The van der Waals surface area contributed by atoms with Crippen LogP contribution in [0.25, 0.3) is 0 Å². The van der Waals surface area contributed by atoms with E-state index >= 15 is 0 Å². The number of hydrogen-bond acceptors (Lipinski definition) is 7. The summed E-state index contributed by atoms with van der Waals surface area (Å²) in [5.74, 6) is -1.24. The number of nitrogens with zero attached hydrogens (tertiary/aromatic N) is 4. The third-order valence-electron chi connectivity index (χ3n) is 4.56. The molecule has 1 atom stereocenters. The third-order valence-corrected chi connectivity index (χ3v) is 4.56. The molecule has 0 bridgehead atoms. The van der Waals surface area contributed by atoms with Gasteiger partial charge < -0.3 is 16.0 Å². The number of anilines is 1. The fraction of sp³-hybridized carbons (Fsp3) is 0.389. The Balaban J connectivity index is 1.64. The topological polar surface area (TPSA) is 162 Å². The number of benzene rings is 1. The number of H-pyrrole nitrogens is 1. The highest BCUT2D eigenvalue weighted by Gasteiger charge is 2.38. The summed E-state index contributed by atoms with van der Waals surface area (Å²) >= 11 is 0. The van der Waals surface area contributed by atoms with Gasteiger partial charge in [0.1, 0.15) is 6.04 Å². The van der Waals surface area contributed by atoms with Crippen LogP contribution in [-0.2, 0) is 32.1 Å². The van der Waals surface area contributed by atoms with E-state index in [0.29, 0.717) is 17.9 Å². The molecule has 0 radical (unpaired) electrons. The molecule has 0 unspecified atom stereocenters. The van der Waals surface area contributed by atoms with Crippen LogP contribution in [0, 0.1) is 0 Å². The van der Waals surface area contributed by atoms with Gasteiger partial charge in [0.2, 0.25) is 23.6 Å². The molecule has 0 aliphatic carbocycles. The molecule has 12 nitrogen and oxygen atoms in total. The second-order valence-electron chi connectivity index (χ2n) is 6.57. The van der Waals surface area contributed by atoms with Gasteiger partial charge >= 0.3 is 0 Å². The lowest BCUT2D eigenvalue weighted by atomic mass is 10.1. The molecule has 1 aromatic heterocycles. The first-order chi connectivity index (χ1) is 14.5. The lowest BCUT2D eigenvalue weighted by Crippen LogP contribution is -2.51. The van der Waals surface area contributed by atoms with E-state index in [-0.39, 0.29) is 37.9 Å². The van der Waals surface area contributed by atoms with Crippen molar-refractivity contribution in [2.24, 2.45) is 0 Å². The number of tetrazole rings is 1. The minimum absolute atomic E-state index is 0.0675. The van der Waals surface area contributed by atoms with Crippen molar-refractivity contribution in [2.75, 3.05) is 18.0 Å². The number of aromatic amines is 1. The number of carbonyl (C=O) groups excluding carboxylic acids is 4. The van der Waals surface area contributed by atoms with Gasteiger partial charge in [0.15, 0.2) is 5.82 Å². The lowest BCUT2D eigenvalue weighted by Gasteiger charge is -2.25. The molecule has 30 heavy (non-hydrogen) atoms. The fourth-order valence-electron chi connectivity index (χ4n) is 3.07. The summed E-state index contributed by atoms with van der Waals surface area (Å²) in [6.45, 7) is 1.22. The summed E-state index contributed by atoms with van der Waals surface area (Å²) in [5.41, 5.74) is 1.47. The maximum atomic E-state index is 12.9. The van der Waals surface area contributed by atoms with E-state index in [1.54, 1.807) is 19.1 Å². The Bertz CT molecular complexity index is 930. The minimum Gasteiger partial charge on any atom is -0.347 e. The van der Waals surface area contributed by atoms with Crippen molar-refractivity contribution < 1.29 is 19.2 Å². The van der Waals surface area contributed by atoms with E-state index < -0.39 is 17.9 Å². The molecular weight excluding hydrogens is 392 g/mol. The van der Waals surface area contributed by atoms with Crippen LogP contribution in [0.3, 0.4) is 0 Å². The largest absolute Gasteiger partial charge is 0.347 e. The van der Waals surface area contributed by atoms with Crippen molar-refractivity contribution in [1.82, 2.24) is 36.6 Å². The van der Waals surface area contributed by atoms with Crippen LogP contribution in [0.1, 0.15) is 24.7 Å². The van der Waals surface area contributed by atoms with Crippen molar-refractivity contribution in [3.63, 3.8) is 0 Å². The summed E-state index contributed by atoms with van der Waals surface area (Å²) in [7, 11) is 0. The Morgan fingerprint density at radius 2 is 1.87 bits per heavy atom. The predicted molar refractivity (Wildman–Crippen MR) is 104 cm³/mol. The van der Waals surface area contributed by atoms with Gasteiger partial charge in [-0.2, -0.15) is 5.21 Å². The standard InChI is InChI=1S/C18H22N8O4/c1-2-15(27)19-9-16(28)20-10-17(29)26-12-6-4-3-5-11(12)7-13(26)18(30)21-8-14-22-24-25-23-14/h3-6,13H,2,7-10H2,1H3,(H,19,27)(H,20,28)(H,21,30)(H,22,23,24,25)/t13-/m0/s1. The normalized spacial score (nSPS) is 14.7. The second kappa shape index (κ2) is 9.58. The number of carbonyl (C=O) groups is 4. The van der Waals surface area contributed by atoms with Gasteiger partial charge in [0.05, 0.1) is 19.6 Å². The number of nitrogens with one attached hydrogen (secondary N) is 4. The number of hydrogen-bond donors (Lipinski definition) is 4. The van der Waals surface area contributed by atoms with Gasteiger partial charge in [0.25, 0.3) is 0 Å². The van der Waals surface area contributed by atoms with Gasteiger partial charge in [-0.25, -0.2) is 0 Å². The molecule has 2 aromatic rings. The average molecular weight is 414 g/mol. The Kier molecular flexibility index (Phi) is 6.67. The van der Waals surface area contributed by atoms with Crippen LogP contribution < -0.4 is 20.9 Å². The molecule has 12 heteroatoms. The van der Waals surface area contributed by atoms with Crippen LogP contribution >= 0.6 is 0 Å². The van der Waals surface area contributed by atoms with Crippen molar-refractivity contribution >= 4 is 29.3 Å². The SMILES string of the molecule is CCC(=O)NCC(=O)NCC(=O)N1c2ccccc2C[C@H]1C(=O)NCc1nn[nH]n1. The van der Waals surface area contributed by atoms with Gasteiger partial charge in [-0.15, -0.1) is 10.2 Å². The highest BCUT2D eigenvalue weighted by Crippen LogP contribution is 2.32. The van der Waals surface area contributed by atoms with E-state index in [9.17, 15) is 19.2 Å². The summed E-state index contributed by atoms with van der Waals surface area (Å²) < 4.78 is 0. The zero-order chi connectivity index (χ0) is 21.5. The highest BCUT2D eigenvalue weighted by molar-refractivity contribution is 6.05. The Hall–Kier alpha value is -3.83. The smallest absolute Gasteiger partial charge is 0.247 e. The van der Waals surface area contributed by atoms with Crippen LogP contribution in [0.5, 0.6) is 0 Å². The zero-order valence-corrected chi connectivity index (χ0v) is 16.3. The average Bonchev–Trinajstić information content (AvgIpc) is 3.41. The molecule has 0 fully saturated rings. The van der Waals surface area contributed by atoms with Crippen molar-refractivity contribution in [3.05, 3.63) is 35.7 Å². The van der Waals surface area contributed by atoms with E-state index in [0.717, 1.165) is 5.56 Å². The van der Waals surface area contributed by atoms with Gasteiger partial charge in [-0.3, -0.25) is 24.1 Å². The maximum Gasteiger partial charge on any atom is 0.247 e. The molecule has 3 rings (SSSR count). The monoisotopic (exact) mass is 414 g/mol. The van der Waals surface area contributed by atoms with Crippen molar-refractivity contribution in [3.8, 4) is 0 Å². The Labute approximate surface area is 171 Å². The van der Waals surface area contributed by atoms with Gasteiger partial charge in [-0.05, 0) is 11.6 Å². The fourth-order valence-corrected chi connectivity index (χ4v) is 3.07. The Morgan fingerprint density at radius 1 is 1.10 bits per heavy atom. The summed E-state index contributed by atoms with van der Waals surface area (Å²) in [4.78, 5) is 50.1. The first-order valence-electron chi connectivity index (χ1n) is 9.43. The second-order valence-corrected chi connectivity index (χ2v) is 6.57. The molecule has 1 aromatic carbocycles. The Morgan fingerprint density at radius 3 is 2.60 bits per heavy atom. The number of aromatic nitrogens is 4. The van der Waals surface area contributed by atoms with Gasteiger partial charge in [0, 0.05) is 18.5 Å². The van der Waals surface area contributed by atoms with E-state index in [1.165, 1.54) is 4.90 Å². The molecule has 2 heterocycles. The molecule has 4 N–H and O–H groups in total. The molecule has 1 aliphatic heterocycles. The maximum absolute atomic E-state index is 12.9. The molecule has 0 spiro atoms. The third kappa shape index (κ3) is 4.96. The van der Waals surface area contributed by atoms with E-state index in [4.69, 9.17) is 0 Å². The number of rotatable bonds is 8. The molecular formula is C18H22N8O4. The van der Waals surface area contributed by atoms with Gasteiger partial charge in [-0.1, -0.05) is 30.3 Å². The van der Waals surface area contributed by atoms with Crippen molar-refractivity contribution in [1.29, 1.82) is 0 Å². The quantitative estimate of drug-likeness (QED) is 0.405. The minimum atomic E-state index is -0.765. The first kappa shape index (κ1) is 20.9. The van der Waals surface area contributed by atoms with Crippen molar-refractivity contribution in [2.45, 2.75) is 32.4 Å². The van der Waals surface area contributed by atoms with Crippen LogP contribution in [0.15, 0.2) is 24.3 Å². The molecule has 158 valence electrons. The molecule has 0 saturated carbocycles. The molecule has 0 saturated heterocycles. The predicted octanol–water partition coefficient (Wildman–Crippen LogP) is -1.58. The number of fused-ring (bicyclic) bond motifs is 1. The summed E-state index contributed by atoms with van der Waals surface area (Å²) in [6, 6.07) is 6.44. The number of amides is 4. The molecule has 1 aliphatic rings. The van der Waals surface area contributed by atoms with Crippen LogP contribution in [0.4, 0.5) is 5.69 Å². The van der Waals surface area contributed by atoms with Crippen LogP contribution in [0.2, 0.25) is 0 Å². The van der Waals surface area contributed by atoms with E-state index in [1.807, 2.05) is 12.1 Å². The number of para-hydroxylation sites is 1. The summed E-state index contributed by atoms with van der Waals surface area (Å²) in [6.07, 6.45) is 0.609.